The van der Waals surface area contributed by atoms with Crippen LogP contribution in [0.5, 0.6) is 5.75 Å². The van der Waals surface area contributed by atoms with Crippen LogP contribution < -0.4 is 50.6 Å². The van der Waals surface area contributed by atoms with Crippen LogP contribution in [-0.2, 0) is 0 Å². The molecular formula is C18H17BNaOP. The van der Waals surface area contributed by atoms with Gasteiger partial charge in [-0.2, -0.15) is 0 Å². The molecule has 3 aromatic rings. The Morgan fingerprint density at radius 3 is 1.36 bits per heavy atom. The summed E-state index contributed by atoms with van der Waals surface area (Å²) in [6.07, 6.45) is 0. The Kier molecular flexibility index (Phi) is 5.89. The molecule has 0 aliphatic rings. The molecule has 0 fully saturated rings. The molecule has 0 spiro atoms. The van der Waals surface area contributed by atoms with Gasteiger partial charge in [0.15, 0.2) is 0 Å². The van der Waals surface area contributed by atoms with Crippen molar-refractivity contribution in [3.05, 3.63) is 84.9 Å². The molecule has 1 nitrogen and oxygen atoms in total. The molecule has 0 aliphatic heterocycles. The minimum Gasteiger partial charge on any atom is -0.872 e. The van der Waals surface area contributed by atoms with E-state index in [-0.39, 0.29) is 42.9 Å². The second kappa shape index (κ2) is 7.48. The maximum atomic E-state index is 11.5. The van der Waals surface area contributed by atoms with E-state index in [0.29, 0.717) is 0 Å². The standard InChI is InChI=1S/C18H18BOP.Na/c19-21(16-7-3-1-4-8-16,17-9-5-2-6-10-17)18-13-11-15(20)12-14-18;/h1-14,20H,19H3;/q;+1/p-1. The van der Waals surface area contributed by atoms with E-state index in [1.165, 1.54) is 15.9 Å². The zero-order valence-electron chi connectivity index (χ0n) is 11.9. The van der Waals surface area contributed by atoms with Gasteiger partial charge in [0.05, 0.1) is 15.9 Å². The maximum Gasteiger partial charge on any atom is 1.00 e. The SMILES string of the molecule is [BH3-][P+](c1ccccc1)(c1ccccc1)c1ccc([O-])cc1.[Na+]. The van der Waals surface area contributed by atoms with Gasteiger partial charge in [0.25, 0.3) is 0 Å². The molecule has 4 heteroatoms. The number of hydrogen-bond acceptors (Lipinski definition) is 1. The number of benzene rings is 3. The predicted molar refractivity (Wildman–Crippen MR) is 94.5 cm³/mol. The smallest absolute Gasteiger partial charge is 0.872 e. The molecule has 0 amide bonds. The first-order valence-electron chi connectivity index (χ1n) is 6.52. The molecule has 0 bridgehead atoms. The van der Waals surface area contributed by atoms with Crippen molar-refractivity contribution in [3.8, 4) is 5.75 Å². The predicted octanol–water partition coefficient (Wildman–Crippen LogP) is -1.66. The summed E-state index contributed by atoms with van der Waals surface area (Å²) >= 11 is 0. The Balaban J connectivity index is 0.00000176. The van der Waals surface area contributed by atoms with Gasteiger partial charge in [0.2, 0.25) is 0 Å². The Bertz CT molecular complexity index is 678. The monoisotopic (exact) mass is 314 g/mol. The van der Waals surface area contributed by atoms with Gasteiger partial charge < -0.3 is 5.11 Å². The van der Waals surface area contributed by atoms with Crippen LogP contribution in [0.2, 0.25) is 0 Å². The summed E-state index contributed by atoms with van der Waals surface area (Å²) < 4.78 is 0. The van der Waals surface area contributed by atoms with Crippen LogP contribution in [-0.4, -0.2) is 7.57 Å². The minimum absolute atomic E-state index is 0. The topological polar surface area (TPSA) is 23.1 Å². The molecule has 0 radical (unpaired) electrons. The van der Waals surface area contributed by atoms with E-state index in [1.807, 2.05) is 12.1 Å². The first kappa shape index (κ1) is 17.3. The average Bonchev–Trinajstić information content (AvgIpc) is 2.56. The molecule has 0 aromatic heterocycles. The summed E-state index contributed by atoms with van der Waals surface area (Å²) in [5.41, 5.74) is 0. The summed E-state index contributed by atoms with van der Waals surface area (Å²) in [7, 11) is -1.42. The van der Waals surface area contributed by atoms with Crippen molar-refractivity contribution in [1.82, 2.24) is 0 Å². The van der Waals surface area contributed by atoms with Gasteiger partial charge >= 0.3 is 29.6 Å². The van der Waals surface area contributed by atoms with Crippen LogP contribution in [0, 0.1) is 0 Å². The van der Waals surface area contributed by atoms with Crippen LogP contribution in [0.15, 0.2) is 84.9 Å². The Morgan fingerprint density at radius 2 is 0.955 bits per heavy atom. The Labute approximate surface area is 155 Å². The molecule has 3 rings (SSSR count). The van der Waals surface area contributed by atoms with E-state index in [9.17, 15) is 5.11 Å². The zero-order valence-corrected chi connectivity index (χ0v) is 14.8. The van der Waals surface area contributed by atoms with E-state index in [4.69, 9.17) is 0 Å². The van der Waals surface area contributed by atoms with Crippen LogP contribution in [0.3, 0.4) is 0 Å². The van der Waals surface area contributed by atoms with Crippen molar-refractivity contribution in [2.45, 2.75) is 0 Å². The minimum atomic E-state index is -1.44. The van der Waals surface area contributed by atoms with Crippen molar-refractivity contribution >= 4 is 30.6 Å². The van der Waals surface area contributed by atoms with Crippen molar-refractivity contribution in [2.75, 3.05) is 0 Å². The van der Waals surface area contributed by atoms with E-state index >= 15 is 0 Å². The summed E-state index contributed by atoms with van der Waals surface area (Å²) in [6, 6.07) is 29.1. The van der Waals surface area contributed by atoms with Crippen molar-refractivity contribution in [1.29, 1.82) is 0 Å². The molecule has 0 saturated carbocycles. The summed E-state index contributed by atoms with van der Waals surface area (Å²) in [4.78, 5) is 0. The fourth-order valence-corrected chi connectivity index (χ4v) is 4.48. The molecule has 104 valence electrons. The molecule has 0 atom stereocenters. The van der Waals surface area contributed by atoms with Crippen molar-refractivity contribution in [3.63, 3.8) is 0 Å². The van der Waals surface area contributed by atoms with Gasteiger partial charge in [-0.1, -0.05) is 55.7 Å². The average molecular weight is 314 g/mol. The Morgan fingerprint density at radius 1 is 0.591 bits per heavy atom. The molecule has 0 saturated heterocycles. The number of rotatable bonds is 3. The largest absolute Gasteiger partial charge is 1.00 e. The van der Waals surface area contributed by atoms with E-state index < -0.39 is 7.14 Å². The van der Waals surface area contributed by atoms with Crippen LogP contribution >= 0.6 is 7.14 Å². The van der Waals surface area contributed by atoms with Crippen LogP contribution in [0.25, 0.3) is 0 Å². The molecule has 0 aliphatic carbocycles. The van der Waals surface area contributed by atoms with Gasteiger partial charge in [0, 0.05) is 0 Å². The third-order valence-electron chi connectivity index (χ3n) is 3.12. The fraction of sp³-hybridized carbons (Fsp3) is 0. The van der Waals surface area contributed by atoms with E-state index in [0.717, 1.165) is 0 Å². The van der Waals surface area contributed by atoms with Gasteiger partial charge in [-0.3, -0.25) is 0 Å². The quantitative estimate of drug-likeness (QED) is 0.419. The second-order valence-corrected chi connectivity index (χ2v) is 6.72. The molecule has 0 heterocycles. The second-order valence-electron chi connectivity index (χ2n) is 4.50. The van der Waals surface area contributed by atoms with E-state index in [1.54, 1.807) is 12.1 Å². The normalized spacial score (nSPS) is 10.8. The molecule has 0 N–H and O–H groups in total. The van der Waals surface area contributed by atoms with E-state index in [2.05, 4.69) is 60.7 Å². The van der Waals surface area contributed by atoms with Crippen molar-refractivity contribution < 1.29 is 34.7 Å². The van der Waals surface area contributed by atoms with Gasteiger partial charge in [-0.25, -0.2) is 0 Å². The van der Waals surface area contributed by atoms with Crippen LogP contribution in [0.1, 0.15) is 0 Å². The van der Waals surface area contributed by atoms with Crippen molar-refractivity contribution in [2.24, 2.45) is 0 Å². The summed E-state index contributed by atoms with van der Waals surface area (Å²) in [5, 5.41) is 15.7. The van der Waals surface area contributed by atoms with Gasteiger partial charge in [0.1, 0.15) is 7.57 Å². The first-order chi connectivity index (χ1) is 10.2. The third kappa shape index (κ3) is 3.31. The Hall–Kier alpha value is -1.05. The van der Waals surface area contributed by atoms with Gasteiger partial charge in [-0.05, 0) is 36.4 Å². The summed E-state index contributed by atoms with van der Waals surface area (Å²) in [5.74, 6) is 0.0893. The molecular weight excluding hydrogens is 297 g/mol. The fourth-order valence-electron chi connectivity index (χ4n) is 2.20. The zero-order chi connectivity index (χ0) is 14.7. The molecule has 0 unspecified atom stereocenters. The van der Waals surface area contributed by atoms with Gasteiger partial charge in [-0.15, -0.1) is 5.75 Å². The summed E-state index contributed by atoms with van der Waals surface area (Å²) in [6.45, 7) is 0. The third-order valence-corrected chi connectivity index (χ3v) is 5.57. The first-order valence-corrected chi connectivity index (χ1v) is 7.86. The molecule has 3 aromatic carbocycles. The van der Waals surface area contributed by atoms with Crippen LogP contribution in [0.4, 0.5) is 0 Å². The molecule has 22 heavy (non-hydrogen) atoms. The number of hydrogen-bond donors (Lipinski definition) is 0. The maximum absolute atomic E-state index is 11.5.